The van der Waals surface area contributed by atoms with E-state index >= 15 is 0 Å². The maximum atomic E-state index is 9.49. The van der Waals surface area contributed by atoms with Crippen molar-refractivity contribution in [3.63, 3.8) is 0 Å². The minimum atomic E-state index is 0.359. The topological polar surface area (TPSA) is 54.7 Å². The largest absolute Gasteiger partial charge is 0.487 e. The van der Waals surface area contributed by atoms with Gasteiger partial charge in [0, 0.05) is 11.3 Å². The molecule has 0 spiro atoms. The first kappa shape index (κ1) is 17.5. The molecule has 0 radical (unpaired) electrons. The van der Waals surface area contributed by atoms with Crippen LogP contribution in [0.25, 0.3) is 10.9 Å². The van der Waals surface area contributed by atoms with Crippen molar-refractivity contribution in [3.05, 3.63) is 71.9 Å². The van der Waals surface area contributed by atoms with E-state index in [9.17, 15) is 5.21 Å². The van der Waals surface area contributed by atoms with Crippen molar-refractivity contribution >= 4 is 16.6 Å². The fourth-order valence-electron chi connectivity index (χ4n) is 3.82. The number of pyridine rings is 1. The molecule has 0 aliphatic heterocycles. The number of oxime groups is 1. The van der Waals surface area contributed by atoms with Crippen LogP contribution in [-0.4, -0.2) is 15.9 Å². The quantitative estimate of drug-likeness (QED) is 0.367. The van der Waals surface area contributed by atoms with Crippen molar-refractivity contribution in [1.29, 1.82) is 0 Å². The average Bonchev–Trinajstić information content (AvgIpc) is 2.74. The number of fused-ring (bicyclic) bond motifs is 1. The van der Waals surface area contributed by atoms with E-state index in [1.807, 2.05) is 48.5 Å². The third-order valence-electron chi connectivity index (χ3n) is 5.29. The molecule has 4 nitrogen and oxygen atoms in total. The van der Waals surface area contributed by atoms with E-state index in [4.69, 9.17) is 4.74 Å². The highest BCUT2D eigenvalue weighted by Crippen LogP contribution is 2.28. The van der Waals surface area contributed by atoms with Crippen LogP contribution in [0.5, 0.6) is 5.75 Å². The molecular weight excluding hydrogens is 336 g/mol. The normalized spacial score (nSPS) is 15.8. The first-order valence-corrected chi connectivity index (χ1v) is 9.63. The Kier molecular flexibility index (Phi) is 5.33. The molecule has 4 rings (SSSR count). The number of rotatable bonds is 5. The third-order valence-corrected chi connectivity index (χ3v) is 5.29. The molecule has 0 amide bonds. The molecular formula is C23H24N2O2. The molecule has 138 valence electrons. The van der Waals surface area contributed by atoms with Crippen molar-refractivity contribution in [2.75, 3.05) is 0 Å². The molecule has 3 aromatic rings. The minimum absolute atomic E-state index is 0.359. The fraction of sp³-hybridized carbons (Fsp3) is 0.304. The summed E-state index contributed by atoms with van der Waals surface area (Å²) < 4.78 is 5.89. The van der Waals surface area contributed by atoms with E-state index in [0.29, 0.717) is 12.5 Å². The van der Waals surface area contributed by atoms with Crippen LogP contribution in [0.15, 0.2) is 65.8 Å². The van der Waals surface area contributed by atoms with Crippen molar-refractivity contribution < 1.29 is 9.94 Å². The predicted molar refractivity (Wildman–Crippen MR) is 107 cm³/mol. The van der Waals surface area contributed by atoms with E-state index in [1.165, 1.54) is 19.3 Å². The van der Waals surface area contributed by atoms with Gasteiger partial charge in [0.25, 0.3) is 0 Å². The van der Waals surface area contributed by atoms with Crippen LogP contribution < -0.4 is 4.74 Å². The SMILES string of the molecule is ON=C(c1ccc(OCc2ccc3ccccc3n2)cc1)C1CCCCC1. The zero-order chi connectivity index (χ0) is 18.5. The standard InChI is InChI=1S/C23H24N2O2/c26-25-23(18-7-2-1-3-8-18)19-11-14-21(15-12-19)27-16-20-13-10-17-6-4-5-9-22(17)24-20/h4-6,9-15,18,26H,1-3,7-8,16H2. The number of aromatic nitrogens is 1. The van der Waals surface area contributed by atoms with Crippen LogP contribution in [0.2, 0.25) is 0 Å². The van der Waals surface area contributed by atoms with Crippen LogP contribution in [0, 0.1) is 5.92 Å². The van der Waals surface area contributed by atoms with Crippen LogP contribution in [0.3, 0.4) is 0 Å². The second kappa shape index (κ2) is 8.21. The lowest BCUT2D eigenvalue weighted by molar-refractivity contribution is 0.301. The van der Waals surface area contributed by atoms with Gasteiger partial charge in [0.2, 0.25) is 0 Å². The Balaban J connectivity index is 1.42. The first-order chi connectivity index (χ1) is 13.3. The summed E-state index contributed by atoms with van der Waals surface area (Å²) in [6.07, 6.45) is 5.91. The van der Waals surface area contributed by atoms with E-state index in [1.54, 1.807) is 0 Å². The van der Waals surface area contributed by atoms with Gasteiger partial charge in [-0.05, 0) is 54.8 Å². The summed E-state index contributed by atoms with van der Waals surface area (Å²) in [5.74, 6) is 1.15. The van der Waals surface area contributed by atoms with Gasteiger partial charge in [-0.1, -0.05) is 48.7 Å². The highest BCUT2D eigenvalue weighted by molar-refractivity contribution is 6.02. The Bertz CT molecular complexity index is 929. The van der Waals surface area contributed by atoms with E-state index in [0.717, 1.165) is 46.5 Å². The summed E-state index contributed by atoms with van der Waals surface area (Å²) in [4.78, 5) is 4.63. The zero-order valence-corrected chi connectivity index (χ0v) is 15.3. The van der Waals surface area contributed by atoms with E-state index in [-0.39, 0.29) is 0 Å². The molecule has 1 heterocycles. The van der Waals surface area contributed by atoms with Gasteiger partial charge in [0.15, 0.2) is 0 Å². The van der Waals surface area contributed by atoms with Gasteiger partial charge in [0.1, 0.15) is 12.4 Å². The van der Waals surface area contributed by atoms with Crippen LogP contribution >= 0.6 is 0 Å². The molecule has 1 fully saturated rings. The Labute approximate surface area is 159 Å². The van der Waals surface area contributed by atoms with Crippen molar-refractivity contribution in [1.82, 2.24) is 4.98 Å². The van der Waals surface area contributed by atoms with Gasteiger partial charge in [0.05, 0.1) is 16.9 Å². The number of para-hydroxylation sites is 1. The van der Waals surface area contributed by atoms with E-state index in [2.05, 4.69) is 22.3 Å². The second-order valence-electron chi connectivity index (χ2n) is 7.13. The van der Waals surface area contributed by atoms with Crippen LogP contribution in [0.1, 0.15) is 43.4 Å². The monoisotopic (exact) mass is 360 g/mol. The van der Waals surface area contributed by atoms with Gasteiger partial charge in [-0.3, -0.25) is 0 Å². The van der Waals surface area contributed by atoms with Gasteiger partial charge < -0.3 is 9.94 Å². The summed E-state index contributed by atoms with van der Waals surface area (Å²) in [5.41, 5.74) is 3.65. The lowest BCUT2D eigenvalue weighted by Crippen LogP contribution is -2.19. The number of benzene rings is 2. The molecule has 2 aromatic carbocycles. The first-order valence-electron chi connectivity index (χ1n) is 9.63. The summed E-state index contributed by atoms with van der Waals surface area (Å²) in [7, 11) is 0. The number of hydrogen-bond acceptors (Lipinski definition) is 4. The van der Waals surface area contributed by atoms with Gasteiger partial charge >= 0.3 is 0 Å². The molecule has 0 bridgehead atoms. The molecule has 1 aliphatic carbocycles. The Morgan fingerprint density at radius 1 is 0.963 bits per heavy atom. The van der Waals surface area contributed by atoms with Crippen molar-refractivity contribution in [2.24, 2.45) is 11.1 Å². The summed E-state index contributed by atoms with van der Waals surface area (Å²) in [6, 6.07) is 20.0. The molecule has 1 N–H and O–H groups in total. The third kappa shape index (κ3) is 4.11. The van der Waals surface area contributed by atoms with Gasteiger partial charge in [-0.2, -0.15) is 0 Å². The number of ether oxygens (including phenoxy) is 1. The molecule has 1 aromatic heterocycles. The van der Waals surface area contributed by atoms with Gasteiger partial charge in [-0.15, -0.1) is 0 Å². The fourth-order valence-corrected chi connectivity index (χ4v) is 3.82. The molecule has 1 saturated carbocycles. The second-order valence-corrected chi connectivity index (χ2v) is 7.13. The highest BCUT2D eigenvalue weighted by Gasteiger charge is 2.21. The average molecular weight is 360 g/mol. The lowest BCUT2D eigenvalue weighted by atomic mass is 9.83. The summed E-state index contributed by atoms with van der Waals surface area (Å²) in [6.45, 7) is 0.424. The van der Waals surface area contributed by atoms with Crippen molar-refractivity contribution in [2.45, 2.75) is 38.7 Å². The molecule has 1 aliphatic rings. The Morgan fingerprint density at radius 2 is 1.74 bits per heavy atom. The Hall–Kier alpha value is -2.88. The van der Waals surface area contributed by atoms with Crippen molar-refractivity contribution in [3.8, 4) is 5.75 Å². The van der Waals surface area contributed by atoms with E-state index < -0.39 is 0 Å². The molecule has 4 heteroatoms. The zero-order valence-electron chi connectivity index (χ0n) is 15.3. The van der Waals surface area contributed by atoms with Crippen LogP contribution in [0.4, 0.5) is 0 Å². The molecule has 27 heavy (non-hydrogen) atoms. The molecule has 0 atom stereocenters. The number of hydrogen-bond donors (Lipinski definition) is 1. The van der Waals surface area contributed by atoms with Crippen LogP contribution in [-0.2, 0) is 6.61 Å². The molecule has 0 saturated heterocycles. The minimum Gasteiger partial charge on any atom is -0.487 e. The number of nitrogens with zero attached hydrogens (tertiary/aromatic N) is 2. The maximum Gasteiger partial charge on any atom is 0.130 e. The smallest absolute Gasteiger partial charge is 0.130 e. The Morgan fingerprint density at radius 3 is 2.52 bits per heavy atom. The lowest BCUT2D eigenvalue weighted by Gasteiger charge is -2.22. The summed E-state index contributed by atoms with van der Waals surface area (Å²) in [5, 5.41) is 14.2. The predicted octanol–water partition coefficient (Wildman–Crippen LogP) is 5.57. The summed E-state index contributed by atoms with van der Waals surface area (Å²) >= 11 is 0. The maximum absolute atomic E-state index is 9.49. The molecule has 0 unspecified atom stereocenters. The van der Waals surface area contributed by atoms with Gasteiger partial charge in [-0.25, -0.2) is 4.98 Å². The highest BCUT2D eigenvalue weighted by atomic mass is 16.5.